The van der Waals surface area contributed by atoms with Gasteiger partial charge in [-0.25, -0.2) is 9.48 Å². The standard InChI is InChI=1S/C21H25N5O2/c1-21(2,3)16-10-8-15(9-11-16)19(27)23-13-14-26-20(28)25(4)18(24-26)17-7-5-6-12-22-17/h5-12H,13-14H2,1-4H3,(H,23,27). The summed E-state index contributed by atoms with van der Waals surface area (Å²) in [6.07, 6.45) is 1.66. The number of aromatic nitrogens is 4. The number of carbonyl (C=O) groups is 1. The summed E-state index contributed by atoms with van der Waals surface area (Å²) < 4.78 is 2.79. The molecule has 0 atom stereocenters. The third-order valence-corrected chi connectivity index (χ3v) is 4.56. The Bertz CT molecular complexity index is 1010. The van der Waals surface area contributed by atoms with Crippen LogP contribution in [0.4, 0.5) is 0 Å². The van der Waals surface area contributed by atoms with Crippen LogP contribution < -0.4 is 11.0 Å². The molecule has 0 radical (unpaired) electrons. The molecule has 0 spiro atoms. The molecule has 2 heterocycles. The van der Waals surface area contributed by atoms with E-state index in [0.29, 0.717) is 23.6 Å². The van der Waals surface area contributed by atoms with Crippen LogP contribution in [0.1, 0.15) is 36.7 Å². The van der Waals surface area contributed by atoms with E-state index in [2.05, 4.69) is 36.2 Å². The van der Waals surface area contributed by atoms with Gasteiger partial charge in [-0.05, 0) is 35.2 Å². The number of amides is 1. The number of hydrogen-bond donors (Lipinski definition) is 1. The molecule has 0 aliphatic carbocycles. The van der Waals surface area contributed by atoms with E-state index in [1.807, 2.05) is 36.4 Å². The predicted molar refractivity (Wildman–Crippen MR) is 108 cm³/mol. The van der Waals surface area contributed by atoms with Crippen molar-refractivity contribution in [1.29, 1.82) is 0 Å². The van der Waals surface area contributed by atoms with Crippen LogP contribution in [0.2, 0.25) is 0 Å². The van der Waals surface area contributed by atoms with E-state index in [9.17, 15) is 9.59 Å². The molecule has 0 bridgehead atoms. The van der Waals surface area contributed by atoms with Crippen molar-refractivity contribution in [3.05, 3.63) is 70.3 Å². The van der Waals surface area contributed by atoms with Crippen LogP contribution in [0.15, 0.2) is 53.5 Å². The van der Waals surface area contributed by atoms with Crippen LogP contribution in [-0.4, -0.2) is 31.8 Å². The number of hydrogen-bond acceptors (Lipinski definition) is 4. The second kappa shape index (κ2) is 7.80. The molecule has 0 aliphatic rings. The maximum absolute atomic E-state index is 12.4. The van der Waals surface area contributed by atoms with Gasteiger partial charge in [-0.15, -0.1) is 5.10 Å². The van der Waals surface area contributed by atoms with Gasteiger partial charge in [0.2, 0.25) is 0 Å². The van der Waals surface area contributed by atoms with E-state index in [-0.39, 0.29) is 23.6 Å². The molecule has 3 rings (SSSR count). The molecule has 0 aliphatic heterocycles. The maximum Gasteiger partial charge on any atom is 0.346 e. The molecule has 7 nitrogen and oxygen atoms in total. The molecule has 0 saturated heterocycles. The van der Waals surface area contributed by atoms with Crippen LogP contribution in [0.5, 0.6) is 0 Å². The van der Waals surface area contributed by atoms with Crippen molar-refractivity contribution in [2.24, 2.45) is 7.05 Å². The first kappa shape index (κ1) is 19.5. The quantitative estimate of drug-likeness (QED) is 0.738. The van der Waals surface area contributed by atoms with E-state index < -0.39 is 0 Å². The molecule has 7 heteroatoms. The first-order valence-corrected chi connectivity index (χ1v) is 9.21. The van der Waals surface area contributed by atoms with Gasteiger partial charge in [0, 0.05) is 25.4 Å². The Morgan fingerprint density at radius 3 is 2.43 bits per heavy atom. The number of nitrogens with one attached hydrogen (secondary N) is 1. The van der Waals surface area contributed by atoms with Crippen molar-refractivity contribution >= 4 is 5.91 Å². The monoisotopic (exact) mass is 379 g/mol. The van der Waals surface area contributed by atoms with Crippen molar-refractivity contribution < 1.29 is 4.79 Å². The Balaban J connectivity index is 1.64. The molecular weight excluding hydrogens is 354 g/mol. The highest BCUT2D eigenvalue weighted by atomic mass is 16.2. The maximum atomic E-state index is 12.4. The number of rotatable bonds is 5. The van der Waals surface area contributed by atoms with Crippen LogP contribution in [-0.2, 0) is 19.0 Å². The fraction of sp³-hybridized carbons (Fsp3) is 0.333. The van der Waals surface area contributed by atoms with Crippen molar-refractivity contribution in [3.63, 3.8) is 0 Å². The number of pyridine rings is 1. The number of benzene rings is 1. The molecule has 3 aromatic rings. The minimum Gasteiger partial charge on any atom is -0.350 e. The topological polar surface area (TPSA) is 81.8 Å². The van der Waals surface area contributed by atoms with Gasteiger partial charge < -0.3 is 5.32 Å². The van der Waals surface area contributed by atoms with Crippen molar-refractivity contribution in [2.75, 3.05) is 6.54 Å². The smallest absolute Gasteiger partial charge is 0.346 e. The second-order valence-electron chi connectivity index (χ2n) is 7.69. The first-order chi connectivity index (χ1) is 13.3. The van der Waals surface area contributed by atoms with Crippen molar-refractivity contribution in [2.45, 2.75) is 32.7 Å². The summed E-state index contributed by atoms with van der Waals surface area (Å²) in [5.74, 6) is 0.323. The zero-order valence-electron chi connectivity index (χ0n) is 16.6. The van der Waals surface area contributed by atoms with Crippen molar-refractivity contribution in [1.82, 2.24) is 24.6 Å². The fourth-order valence-electron chi connectivity index (χ4n) is 2.85. The molecule has 0 unspecified atom stereocenters. The van der Waals surface area contributed by atoms with E-state index in [0.717, 1.165) is 0 Å². The van der Waals surface area contributed by atoms with Gasteiger partial charge in [0.15, 0.2) is 5.82 Å². The average Bonchev–Trinajstić information content (AvgIpc) is 2.96. The third kappa shape index (κ3) is 4.19. The molecule has 1 N–H and O–H groups in total. The Labute approximate surface area is 164 Å². The van der Waals surface area contributed by atoms with Gasteiger partial charge in [-0.3, -0.25) is 14.3 Å². The van der Waals surface area contributed by atoms with E-state index >= 15 is 0 Å². The highest BCUT2D eigenvalue weighted by molar-refractivity contribution is 5.94. The van der Waals surface area contributed by atoms with E-state index in [1.54, 1.807) is 19.3 Å². The van der Waals surface area contributed by atoms with Crippen molar-refractivity contribution in [3.8, 4) is 11.5 Å². The summed E-state index contributed by atoms with van der Waals surface area (Å²) in [6.45, 7) is 6.98. The molecule has 0 saturated carbocycles. The van der Waals surface area contributed by atoms with Gasteiger partial charge >= 0.3 is 5.69 Å². The second-order valence-corrected chi connectivity index (χ2v) is 7.69. The highest BCUT2D eigenvalue weighted by Gasteiger charge is 2.15. The van der Waals surface area contributed by atoms with Gasteiger partial charge in [-0.2, -0.15) is 0 Å². The van der Waals surface area contributed by atoms with Crippen LogP contribution in [0.25, 0.3) is 11.5 Å². The van der Waals surface area contributed by atoms with Crippen LogP contribution >= 0.6 is 0 Å². The Hall–Kier alpha value is -3.22. The van der Waals surface area contributed by atoms with Gasteiger partial charge in [-0.1, -0.05) is 39.0 Å². The van der Waals surface area contributed by atoms with Gasteiger partial charge in [0.25, 0.3) is 5.91 Å². The Kier molecular flexibility index (Phi) is 5.44. The van der Waals surface area contributed by atoms with E-state index in [4.69, 9.17) is 0 Å². The lowest BCUT2D eigenvalue weighted by molar-refractivity contribution is 0.0951. The van der Waals surface area contributed by atoms with E-state index in [1.165, 1.54) is 14.8 Å². The lowest BCUT2D eigenvalue weighted by Crippen LogP contribution is -2.31. The normalized spacial score (nSPS) is 11.4. The molecule has 1 aromatic carbocycles. The number of carbonyl (C=O) groups excluding carboxylic acids is 1. The third-order valence-electron chi connectivity index (χ3n) is 4.56. The van der Waals surface area contributed by atoms with Gasteiger partial charge in [0.1, 0.15) is 5.69 Å². The Morgan fingerprint density at radius 2 is 1.82 bits per heavy atom. The number of nitrogens with zero attached hydrogens (tertiary/aromatic N) is 4. The summed E-state index contributed by atoms with van der Waals surface area (Å²) >= 11 is 0. The minimum absolute atomic E-state index is 0.0421. The lowest BCUT2D eigenvalue weighted by Gasteiger charge is -2.19. The largest absolute Gasteiger partial charge is 0.350 e. The molecule has 0 fully saturated rings. The first-order valence-electron chi connectivity index (χ1n) is 9.21. The molecule has 146 valence electrons. The SMILES string of the molecule is Cn1c(-c2ccccn2)nn(CCNC(=O)c2ccc(C(C)(C)C)cc2)c1=O. The molecular formula is C21H25N5O2. The summed E-state index contributed by atoms with van der Waals surface area (Å²) in [4.78, 5) is 28.9. The van der Waals surface area contributed by atoms with Crippen LogP contribution in [0.3, 0.4) is 0 Å². The fourth-order valence-corrected chi connectivity index (χ4v) is 2.85. The zero-order valence-corrected chi connectivity index (χ0v) is 16.6. The molecule has 28 heavy (non-hydrogen) atoms. The average molecular weight is 379 g/mol. The predicted octanol–water partition coefficient (Wildman–Crippen LogP) is 2.37. The summed E-state index contributed by atoms with van der Waals surface area (Å²) in [5.41, 5.74) is 2.19. The summed E-state index contributed by atoms with van der Waals surface area (Å²) in [5, 5.41) is 7.18. The highest BCUT2D eigenvalue weighted by Crippen LogP contribution is 2.22. The lowest BCUT2D eigenvalue weighted by atomic mass is 9.87. The Morgan fingerprint density at radius 1 is 1.11 bits per heavy atom. The van der Waals surface area contributed by atoms with Crippen LogP contribution in [0, 0.1) is 0 Å². The van der Waals surface area contributed by atoms with Gasteiger partial charge in [0.05, 0.1) is 6.54 Å². The molecule has 2 aromatic heterocycles. The molecule has 1 amide bonds. The summed E-state index contributed by atoms with van der Waals surface area (Å²) in [7, 11) is 1.66. The summed E-state index contributed by atoms with van der Waals surface area (Å²) in [6, 6.07) is 13.0. The zero-order chi connectivity index (χ0) is 20.3. The minimum atomic E-state index is -0.246.